The van der Waals surface area contributed by atoms with E-state index in [1.807, 2.05) is 24.3 Å². The zero-order valence-corrected chi connectivity index (χ0v) is 11.3. The van der Waals surface area contributed by atoms with Gasteiger partial charge in [0, 0.05) is 17.8 Å². The Morgan fingerprint density at radius 3 is 2.63 bits per heavy atom. The number of hydrogen-bond donors (Lipinski definition) is 3. The summed E-state index contributed by atoms with van der Waals surface area (Å²) in [5, 5.41) is 9.37. The Labute approximate surface area is 116 Å². The van der Waals surface area contributed by atoms with Crippen molar-refractivity contribution in [2.45, 2.75) is 13.5 Å². The molecule has 1 amide bonds. The van der Waals surface area contributed by atoms with E-state index >= 15 is 0 Å². The number of aromatic nitrogens is 2. The zero-order chi connectivity index (χ0) is 13.8. The van der Waals surface area contributed by atoms with Crippen molar-refractivity contribution in [1.82, 2.24) is 15.5 Å². The molecule has 0 fully saturated rings. The van der Waals surface area contributed by atoms with E-state index in [2.05, 4.69) is 15.5 Å². The summed E-state index contributed by atoms with van der Waals surface area (Å²) in [7, 11) is 0. The highest BCUT2D eigenvalue weighted by Gasteiger charge is 2.09. The molecular weight excluding hydrogens is 260 g/mol. The molecule has 1 aromatic carbocycles. The lowest BCUT2D eigenvalue weighted by Gasteiger charge is -2.05. The predicted octanol–water partition coefficient (Wildman–Crippen LogP) is 1.28. The van der Waals surface area contributed by atoms with Crippen LogP contribution in [0.4, 0.5) is 0 Å². The van der Waals surface area contributed by atoms with E-state index < -0.39 is 0 Å². The number of H-pyrrole nitrogens is 1. The van der Waals surface area contributed by atoms with Gasteiger partial charge < -0.3 is 11.1 Å². The van der Waals surface area contributed by atoms with Crippen molar-refractivity contribution in [3.8, 4) is 0 Å². The van der Waals surface area contributed by atoms with Crippen molar-refractivity contribution in [3.63, 3.8) is 0 Å². The maximum absolute atomic E-state index is 11.9. The fourth-order valence-corrected chi connectivity index (χ4v) is 1.78. The Hall–Kier alpha value is -2.21. The van der Waals surface area contributed by atoms with Crippen molar-refractivity contribution >= 4 is 23.1 Å². The minimum Gasteiger partial charge on any atom is -0.389 e. The number of rotatable bonds is 4. The van der Waals surface area contributed by atoms with Crippen molar-refractivity contribution in [2.24, 2.45) is 5.73 Å². The summed E-state index contributed by atoms with van der Waals surface area (Å²) in [6.45, 7) is 2.25. The molecule has 1 aromatic heterocycles. The largest absolute Gasteiger partial charge is 0.389 e. The van der Waals surface area contributed by atoms with E-state index in [1.165, 1.54) is 6.20 Å². The van der Waals surface area contributed by atoms with Crippen LogP contribution in [0, 0.1) is 6.92 Å². The number of nitrogens with one attached hydrogen (secondary N) is 2. The van der Waals surface area contributed by atoms with Gasteiger partial charge in [0.05, 0.1) is 11.8 Å². The van der Waals surface area contributed by atoms with E-state index in [0.717, 1.165) is 16.8 Å². The number of benzene rings is 1. The van der Waals surface area contributed by atoms with Crippen LogP contribution in [0.15, 0.2) is 30.5 Å². The number of carbonyl (C=O) groups excluding carboxylic acids is 1. The van der Waals surface area contributed by atoms with Crippen LogP contribution < -0.4 is 11.1 Å². The van der Waals surface area contributed by atoms with Crippen molar-refractivity contribution in [3.05, 3.63) is 52.8 Å². The molecule has 98 valence electrons. The van der Waals surface area contributed by atoms with Crippen molar-refractivity contribution in [1.29, 1.82) is 0 Å². The highest BCUT2D eigenvalue weighted by atomic mass is 32.1. The van der Waals surface area contributed by atoms with Gasteiger partial charge in [-0.15, -0.1) is 0 Å². The molecule has 2 aromatic rings. The summed E-state index contributed by atoms with van der Waals surface area (Å²) in [6, 6.07) is 7.45. The number of thiocarbonyl (C=S) groups is 1. The van der Waals surface area contributed by atoms with Crippen molar-refractivity contribution in [2.75, 3.05) is 0 Å². The number of aromatic amines is 1. The van der Waals surface area contributed by atoms with Crippen LogP contribution in [0.2, 0.25) is 0 Å². The molecule has 19 heavy (non-hydrogen) atoms. The zero-order valence-electron chi connectivity index (χ0n) is 10.4. The summed E-state index contributed by atoms with van der Waals surface area (Å²) >= 11 is 4.88. The second kappa shape index (κ2) is 5.62. The number of carbonyl (C=O) groups is 1. The van der Waals surface area contributed by atoms with E-state index in [9.17, 15) is 4.79 Å². The first kappa shape index (κ1) is 13.2. The van der Waals surface area contributed by atoms with Gasteiger partial charge in [-0.3, -0.25) is 9.89 Å². The molecule has 6 heteroatoms. The summed E-state index contributed by atoms with van der Waals surface area (Å²) in [4.78, 5) is 12.2. The molecule has 2 rings (SSSR count). The quantitative estimate of drug-likeness (QED) is 0.733. The average Bonchev–Trinajstić information content (AvgIpc) is 2.83. The molecule has 0 aliphatic heterocycles. The molecule has 0 radical (unpaired) electrons. The highest BCUT2D eigenvalue weighted by molar-refractivity contribution is 7.80. The number of nitrogens with two attached hydrogens (primary N) is 1. The molecule has 0 saturated heterocycles. The van der Waals surface area contributed by atoms with Crippen molar-refractivity contribution < 1.29 is 4.79 Å². The van der Waals surface area contributed by atoms with Gasteiger partial charge >= 0.3 is 0 Å². The SMILES string of the molecule is Cc1[nH]ncc1C(=O)NCc1ccc(C(N)=S)cc1. The number of amides is 1. The molecule has 1 heterocycles. The van der Waals surface area contributed by atoms with Crippen LogP contribution >= 0.6 is 12.2 Å². The predicted molar refractivity (Wildman–Crippen MR) is 76.8 cm³/mol. The van der Waals surface area contributed by atoms with Crippen LogP contribution in [0.1, 0.15) is 27.2 Å². The first-order valence-electron chi connectivity index (χ1n) is 5.75. The number of aryl methyl sites for hydroxylation is 1. The molecule has 0 unspecified atom stereocenters. The molecule has 0 bridgehead atoms. The summed E-state index contributed by atoms with van der Waals surface area (Å²) in [5.74, 6) is -0.148. The van der Waals surface area contributed by atoms with E-state index in [0.29, 0.717) is 17.1 Å². The molecule has 0 atom stereocenters. The molecule has 0 spiro atoms. The fraction of sp³-hybridized carbons (Fsp3) is 0.154. The Kier molecular flexibility index (Phi) is 3.91. The van der Waals surface area contributed by atoms with Crippen LogP contribution in [0.5, 0.6) is 0 Å². The molecule has 4 N–H and O–H groups in total. The highest BCUT2D eigenvalue weighted by Crippen LogP contribution is 2.06. The van der Waals surface area contributed by atoms with Gasteiger partial charge in [-0.2, -0.15) is 5.10 Å². The van der Waals surface area contributed by atoms with E-state index in [-0.39, 0.29) is 5.91 Å². The maximum atomic E-state index is 11.9. The Morgan fingerprint density at radius 2 is 2.11 bits per heavy atom. The normalized spacial score (nSPS) is 10.2. The monoisotopic (exact) mass is 274 g/mol. The third kappa shape index (κ3) is 3.17. The Morgan fingerprint density at radius 1 is 1.42 bits per heavy atom. The second-order valence-electron chi connectivity index (χ2n) is 4.15. The number of hydrogen-bond acceptors (Lipinski definition) is 3. The van der Waals surface area contributed by atoms with Crippen LogP contribution in [-0.4, -0.2) is 21.1 Å². The second-order valence-corrected chi connectivity index (χ2v) is 4.59. The number of nitrogens with zero attached hydrogens (tertiary/aromatic N) is 1. The van der Waals surface area contributed by atoms with Gasteiger partial charge in [-0.25, -0.2) is 0 Å². The first-order chi connectivity index (χ1) is 9.08. The lowest BCUT2D eigenvalue weighted by molar-refractivity contribution is 0.0950. The Balaban J connectivity index is 1.97. The fourth-order valence-electron chi connectivity index (χ4n) is 1.64. The Bertz CT molecular complexity index is 603. The van der Waals surface area contributed by atoms with Gasteiger partial charge in [0.25, 0.3) is 5.91 Å². The smallest absolute Gasteiger partial charge is 0.255 e. The topological polar surface area (TPSA) is 83.8 Å². The lowest BCUT2D eigenvalue weighted by atomic mass is 10.1. The standard InChI is InChI=1S/C13H14N4OS/c1-8-11(7-16-17-8)13(18)15-6-9-2-4-10(5-3-9)12(14)19/h2-5,7H,6H2,1H3,(H2,14,19)(H,15,18)(H,16,17). The van der Waals surface area contributed by atoms with Gasteiger partial charge in [-0.05, 0) is 12.5 Å². The molecular formula is C13H14N4OS. The molecule has 0 aliphatic rings. The van der Waals surface area contributed by atoms with Crippen LogP contribution in [0.25, 0.3) is 0 Å². The minimum absolute atomic E-state index is 0.148. The van der Waals surface area contributed by atoms with Gasteiger partial charge in [-0.1, -0.05) is 36.5 Å². The van der Waals surface area contributed by atoms with E-state index in [1.54, 1.807) is 6.92 Å². The molecule has 0 saturated carbocycles. The summed E-state index contributed by atoms with van der Waals surface area (Å²) in [6.07, 6.45) is 1.51. The molecule has 0 aliphatic carbocycles. The molecule has 5 nitrogen and oxygen atoms in total. The van der Waals surface area contributed by atoms with Gasteiger partial charge in [0.15, 0.2) is 0 Å². The van der Waals surface area contributed by atoms with Crippen LogP contribution in [0.3, 0.4) is 0 Å². The average molecular weight is 274 g/mol. The summed E-state index contributed by atoms with van der Waals surface area (Å²) in [5.41, 5.74) is 8.62. The van der Waals surface area contributed by atoms with E-state index in [4.69, 9.17) is 18.0 Å². The van der Waals surface area contributed by atoms with Crippen LogP contribution in [-0.2, 0) is 6.54 Å². The maximum Gasteiger partial charge on any atom is 0.255 e. The lowest BCUT2D eigenvalue weighted by Crippen LogP contribution is -2.23. The van der Waals surface area contributed by atoms with Gasteiger partial charge in [0.1, 0.15) is 4.99 Å². The first-order valence-corrected chi connectivity index (χ1v) is 6.15. The minimum atomic E-state index is -0.148. The summed E-state index contributed by atoms with van der Waals surface area (Å²) < 4.78 is 0. The van der Waals surface area contributed by atoms with Gasteiger partial charge in [0.2, 0.25) is 0 Å². The third-order valence-electron chi connectivity index (χ3n) is 2.77. The third-order valence-corrected chi connectivity index (χ3v) is 3.00.